The van der Waals surface area contributed by atoms with E-state index in [1.54, 1.807) is 0 Å². The van der Waals surface area contributed by atoms with Crippen LogP contribution in [0, 0.1) is 0 Å². The van der Waals surface area contributed by atoms with Gasteiger partial charge in [0.15, 0.2) is 0 Å². The van der Waals surface area contributed by atoms with Gasteiger partial charge in [-0.1, -0.05) is 6.42 Å². The lowest BCUT2D eigenvalue weighted by molar-refractivity contribution is 0.0181. The largest absolute Gasteiger partial charge is 0.296 e. The second-order valence-corrected chi connectivity index (χ2v) is 4.18. The molecule has 13 heavy (non-hydrogen) atoms. The smallest absolute Gasteiger partial charge is 0.0772 e. The van der Waals surface area contributed by atoms with Crippen molar-refractivity contribution in [2.45, 2.75) is 31.3 Å². The van der Waals surface area contributed by atoms with Gasteiger partial charge in [-0.05, 0) is 18.9 Å². The van der Waals surface area contributed by atoms with Gasteiger partial charge >= 0.3 is 0 Å². The quantitative estimate of drug-likeness (QED) is 0.678. The molecule has 3 rings (SSSR count). The average Bonchev–Trinajstić information content (AvgIpc) is 2.42. The zero-order valence-electron chi connectivity index (χ0n) is 7.76. The molecular formula is C10H15N3. The first-order valence-corrected chi connectivity index (χ1v) is 5.16. The molecule has 70 valence electrons. The van der Waals surface area contributed by atoms with Crippen LogP contribution < -0.4 is 0 Å². The summed E-state index contributed by atoms with van der Waals surface area (Å²) < 4.78 is 2.09. The van der Waals surface area contributed by atoms with E-state index in [2.05, 4.69) is 20.9 Å². The van der Waals surface area contributed by atoms with Crippen molar-refractivity contribution < 1.29 is 0 Å². The van der Waals surface area contributed by atoms with Crippen LogP contribution >= 0.6 is 0 Å². The van der Waals surface area contributed by atoms with E-state index in [1.807, 2.05) is 12.3 Å². The van der Waals surface area contributed by atoms with Crippen LogP contribution in [-0.2, 0) is 0 Å². The zero-order valence-corrected chi connectivity index (χ0v) is 7.76. The summed E-state index contributed by atoms with van der Waals surface area (Å²) in [6, 6.07) is 3.56. The molecule has 3 heteroatoms. The molecule has 2 aliphatic rings. The highest BCUT2D eigenvalue weighted by molar-refractivity contribution is 4.94. The summed E-state index contributed by atoms with van der Waals surface area (Å²) in [5.74, 6) is 0. The molecule has 0 bridgehead atoms. The molecule has 0 amide bonds. The Labute approximate surface area is 78.3 Å². The molecule has 0 atom stereocenters. The molecule has 0 unspecified atom stereocenters. The predicted molar refractivity (Wildman–Crippen MR) is 50.5 cm³/mol. The van der Waals surface area contributed by atoms with Crippen LogP contribution in [0.25, 0.3) is 0 Å². The number of likely N-dealkylation sites (tertiary alicyclic amines) is 1. The van der Waals surface area contributed by atoms with Crippen LogP contribution in [0.3, 0.4) is 0 Å². The van der Waals surface area contributed by atoms with E-state index < -0.39 is 0 Å². The highest BCUT2D eigenvalue weighted by Gasteiger charge is 2.35. The Morgan fingerprint density at radius 1 is 1.15 bits per heavy atom. The molecule has 0 spiro atoms. The van der Waals surface area contributed by atoms with Crippen LogP contribution in [0.5, 0.6) is 0 Å². The molecule has 1 saturated heterocycles. The Hall–Kier alpha value is -0.830. The molecule has 1 aliphatic heterocycles. The summed E-state index contributed by atoms with van der Waals surface area (Å²) in [4.78, 5) is 2.59. The van der Waals surface area contributed by atoms with Gasteiger partial charge in [-0.15, -0.1) is 0 Å². The second kappa shape index (κ2) is 2.84. The molecule has 0 aromatic carbocycles. The first kappa shape index (κ1) is 7.56. The van der Waals surface area contributed by atoms with Crippen LogP contribution in [-0.4, -0.2) is 33.8 Å². The van der Waals surface area contributed by atoms with E-state index in [0.717, 1.165) is 6.04 Å². The normalized spacial score (nSPS) is 25.5. The van der Waals surface area contributed by atoms with Gasteiger partial charge in [0.05, 0.1) is 6.04 Å². The first-order chi connectivity index (χ1) is 6.43. The van der Waals surface area contributed by atoms with Crippen LogP contribution in [0.2, 0.25) is 0 Å². The second-order valence-electron chi connectivity index (χ2n) is 4.18. The number of hydrogen-bond donors (Lipinski definition) is 0. The number of nitrogens with zero attached hydrogens (tertiary/aromatic N) is 3. The zero-order chi connectivity index (χ0) is 8.67. The van der Waals surface area contributed by atoms with E-state index in [4.69, 9.17) is 0 Å². The summed E-state index contributed by atoms with van der Waals surface area (Å²) in [6.45, 7) is 2.43. The topological polar surface area (TPSA) is 21.1 Å². The monoisotopic (exact) mass is 177 g/mol. The maximum Gasteiger partial charge on any atom is 0.0772 e. The van der Waals surface area contributed by atoms with Gasteiger partial charge in [0.1, 0.15) is 0 Å². The van der Waals surface area contributed by atoms with Crippen LogP contribution in [0.1, 0.15) is 25.3 Å². The molecule has 1 aromatic heterocycles. The van der Waals surface area contributed by atoms with Gasteiger partial charge in [0.2, 0.25) is 0 Å². The van der Waals surface area contributed by atoms with Gasteiger partial charge in [-0.25, -0.2) is 0 Å². The molecular weight excluding hydrogens is 162 g/mol. The van der Waals surface area contributed by atoms with Crippen molar-refractivity contribution in [1.29, 1.82) is 0 Å². The highest BCUT2D eigenvalue weighted by atomic mass is 15.4. The van der Waals surface area contributed by atoms with Crippen molar-refractivity contribution in [2.24, 2.45) is 0 Å². The van der Waals surface area contributed by atoms with Gasteiger partial charge in [-0.3, -0.25) is 9.58 Å². The van der Waals surface area contributed by atoms with Gasteiger partial charge in [0.25, 0.3) is 0 Å². The van der Waals surface area contributed by atoms with E-state index in [1.165, 1.54) is 32.4 Å². The third-order valence-electron chi connectivity index (χ3n) is 3.38. The van der Waals surface area contributed by atoms with E-state index in [-0.39, 0.29) is 0 Å². The van der Waals surface area contributed by atoms with Crippen molar-refractivity contribution >= 4 is 0 Å². The third-order valence-corrected chi connectivity index (χ3v) is 3.38. The van der Waals surface area contributed by atoms with E-state index in [0.29, 0.717) is 6.04 Å². The fourth-order valence-electron chi connectivity index (χ4n) is 2.20. The Morgan fingerprint density at radius 2 is 2.00 bits per heavy atom. The summed E-state index contributed by atoms with van der Waals surface area (Å²) >= 11 is 0. The average molecular weight is 177 g/mol. The molecule has 2 fully saturated rings. The van der Waals surface area contributed by atoms with Crippen molar-refractivity contribution in [3.8, 4) is 0 Å². The molecule has 2 heterocycles. The number of rotatable bonds is 2. The minimum Gasteiger partial charge on any atom is -0.296 e. The third kappa shape index (κ3) is 1.18. The SMILES string of the molecule is c1cnn(C2CN(C3CCC3)C2)c1. The molecule has 1 aromatic rings. The maximum atomic E-state index is 4.27. The lowest BCUT2D eigenvalue weighted by atomic mass is 9.88. The van der Waals surface area contributed by atoms with Crippen molar-refractivity contribution in [3.05, 3.63) is 18.5 Å². The lowest BCUT2D eigenvalue weighted by Gasteiger charge is -2.47. The van der Waals surface area contributed by atoms with Gasteiger partial charge < -0.3 is 0 Å². The maximum absolute atomic E-state index is 4.27. The Kier molecular flexibility index (Phi) is 1.65. The minimum absolute atomic E-state index is 0.649. The van der Waals surface area contributed by atoms with Crippen LogP contribution in [0.15, 0.2) is 18.5 Å². The molecule has 1 saturated carbocycles. The summed E-state index contributed by atoms with van der Waals surface area (Å²) in [7, 11) is 0. The van der Waals surface area contributed by atoms with Gasteiger partial charge in [0, 0.05) is 31.5 Å². The Bertz CT molecular complexity index is 270. The lowest BCUT2D eigenvalue weighted by Crippen LogP contribution is -2.54. The summed E-state index contributed by atoms with van der Waals surface area (Å²) in [5, 5.41) is 4.27. The molecule has 0 N–H and O–H groups in total. The van der Waals surface area contributed by atoms with E-state index >= 15 is 0 Å². The fourth-order valence-corrected chi connectivity index (χ4v) is 2.20. The fraction of sp³-hybridized carbons (Fsp3) is 0.700. The minimum atomic E-state index is 0.649. The first-order valence-electron chi connectivity index (χ1n) is 5.16. The molecule has 0 radical (unpaired) electrons. The molecule has 1 aliphatic carbocycles. The summed E-state index contributed by atoms with van der Waals surface area (Å²) in [6.07, 6.45) is 8.22. The predicted octanol–water partition coefficient (Wildman–Crippen LogP) is 1.29. The summed E-state index contributed by atoms with van der Waals surface area (Å²) in [5.41, 5.74) is 0. The van der Waals surface area contributed by atoms with Crippen LogP contribution in [0.4, 0.5) is 0 Å². The Balaban J connectivity index is 1.57. The standard InChI is InChI=1S/C10H15N3/c1-3-9(4-1)12-7-10(8-12)13-6-2-5-11-13/h2,5-6,9-10H,1,3-4,7-8H2. The van der Waals surface area contributed by atoms with Crippen molar-refractivity contribution in [1.82, 2.24) is 14.7 Å². The number of hydrogen-bond acceptors (Lipinski definition) is 2. The van der Waals surface area contributed by atoms with E-state index in [9.17, 15) is 0 Å². The highest BCUT2D eigenvalue weighted by Crippen LogP contribution is 2.32. The Morgan fingerprint density at radius 3 is 2.54 bits per heavy atom. The molecule has 3 nitrogen and oxygen atoms in total. The van der Waals surface area contributed by atoms with Crippen molar-refractivity contribution in [3.63, 3.8) is 0 Å². The number of aromatic nitrogens is 2. The van der Waals surface area contributed by atoms with Gasteiger partial charge in [-0.2, -0.15) is 5.10 Å². The van der Waals surface area contributed by atoms with Crippen molar-refractivity contribution in [2.75, 3.05) is 13.1 Å².